The van der Waals surface area contributed by atoms with Gasteiger partial charge in [0.25, 0.3) is 0 Å². The Bertz CT molecular complexity index is 366. The lowest BCUT2D eigenvalue weighted by molar-refractivity contribution is -0.136. The molecule has 0 aliphatic heterocycles. The molecule has 0 saturated heterocycles. The van der Waals surface area contributed by atoms with Gasteiger partial charge in [-0.15, -0.1) is 0 Å². The van der Waals surface area contributed by atoms with Crippen molar-refractivity contribution in [3.05, 3.63) is 29.6 Å². The van der Waals surface area contributed by atoms with Crippen molar-refractivity contribution in [3.63, 3.8) is 0 Å². The number of nitrogens with one attached hydrogen (secondary N) is 1. The topological polar surface area (TPSA) is 62.2 Å². The molecule has 1 aromatic rings. The minimum absolute atomic E-state index is 0.00415. The molecule has 1 unspecified atom stereocenters. The largest absolute Gasteiger partial charge is 0.480 e. The van der Waals surface area contributed by atoms with Crippen LogP contribution in [-0.2, 0) is 17.6 Å². The molecule has 0 aromatic carbocycles. The number of carboxylic acid groups (broad SMARTS) is 1. The molecule has 0 radical (unpaired) electrons. The molecular weight excluding hydrogens is 216 g/mol. The second-order valence-corrected chi connectivity index (χ2v) is 4.29. The van der Waals surface area contributed by atoms with Crippen LogP contribution in [-0.4, -0.2) is 28.6 Å². The van der Waals surface area contributed by atoms with Gasteiger partial charge in [-0.25, -0.2) is 0 Å². The van der Waals surface area contributed by atoms with Crippen LogP contribution in [0.15, 0.2) is 18.3 Å². The van der Waals surface area contributed by atoms with Crippen molar-refractivity contribution < 1.29 is 9.90 Å². The highest BCUT2D eigenvalue weighted by atomic mass is 16.4. The molecule has 0 fully saturated rings. The van der Waals surface area contributed by atoms with Gasteiger partial charge in [-0.3, -0.25) is 9.78 Å². The molecule has 2 N–H and O–H groups in total. The summed E-state index contributed by atoms with van der Waals surface area (Å²) in [6.07, 6.45) is 4.76. The van der Waals surface area contributed by atoms with Crippen molar-refractivity contribution >= 4 is 5.97 Å². The predicted octanol–water partition coefficient (Wildman–Crippen LogP) is 1.64. The van der Waals surface area contributed by atoms with E-state index in [1.54, 1.807) is 0 Å². The Balaban J connectivity index is 2.49. The molecule has 4 nitrogen and oxygen atoms in total. The van der Waals surface area contributed by atoms with E-state index in [4.69, 9.17) is 5.11 Å². The Morgan fingerprint density at radius 2 is 2.35 bits per heavy atom. The summed E-state index contributed by atoms with van der Waals surface area (Å²) in [4.78, 5) is 14.7. The number of aliphatic carboxylic acids is 1. The first-order chi connectivity index (χ1) is 8.11. The molecule has 0 aliphatic carbocycles. The lowest BCUT2D eigenvalue weighted by Gasteiger charge is -2.12. The van der Waals surface area contributed by atoms with Gasteiger partial charge in [0, 0.05) is 24.4 Å². The monoisotopic (exact) mass is 236 g/mol. The number of rotatable bonds is 7. The second kappa shape index (κ2) is 7.01. The van der Waals surface area contributed by atoms with Gasteiger partial charge in [0.05, 0.1) is 6.54 Å². The summed E-state index contributed by atoms with van der Waals surface area (Å²) < 4.78 is 0. The fourth-order valence-electron chi connectivity index (χ4n) is 1.73. The third kappa shape index (κ3) is 5.45. The van der Waals surface area contributed by atoms with Crippen LogP contribution in [0.5, 0.6) is 0 Å². The SMILES string of the molecule is CCCc1ccnc(CC(C)NCC(=O)O)c1. The number of pyridine rings is 1. The molecule has 17 heavy (non-hydrogen) atoms. The van der Waals surface area contributed by atoms with Crippen molar-refractivity contribution in [2.24, 2.45) is 0 Å². The van der Waals surface area contributed by atoms with E-state index < -0.39 is 5.97 Å². The van der Waals surface area contributed by atoms with Crippen LogP contribution in [0.2, 0.25) is 0 Å². The number of aromatic nitrogens is 1. The Kier molecular flexibility index (Phi) is 5.63. The molecule has 0 aliphatic rings. The Hall–Kier alpha value is -1.42. The van der Waals surface area contributed by atoms with Gasteiger partial charge in [0.15, 0.2) is 0 Å². The van der Waals surface area contributed by atoms with E-state index in [9.17, 15) is 4.79 Å². The quantitative estimate of drug-likeness (QED) is 0.755. The van der Waals surface area contributed by atoms with E-state index >= 15 is 0 Å². The van der Waals surface area contributed by atoms with Gasteiger partial charge in [0.2, 0.25) is 0 Å². The molecule has 0 amide bonds. The van der Waals surface area contributed by atoms with Gasteiger partial charge in [-0.2, -0.15) is 0 Å². The molecule has 0 bridgehead atoms. The molecule has 0 spiro atoms. The summed E-state index contributed by atoms with van der Waals surface area (Å²) in [5, 5.41) is 11.5. The lowest BCUT2D eigenvalue weighted by Crippen LogP contribution is -2.33. The molecule has 1 rings (SSSR count). The maximum absolute atomic E-state index is 10.4. The van der Waals surface area contributed by atoms with E-state index in [2.05, 4.69) is 23.3 Å². The lowest BCUT2D eigenvalue weighted by atomic mass is 10.1. The van der Waals surface area contributed by atoms with Gasteiger partial charge in [0.1, 0.15) is 0 Å². The van der Waals surface area contributed by atoms with Crippen molar-refractivity contribution in [1.82, 2.24) is 10.3 Å². The summed E-state index contributed by atoms with van der Waals surface area (Å²) in [6, 6.07) is 4.25. The third-order valence-electron chi connectivity index (χ3n) is 2.54. The van der Waals surface area contributed by atoms with Gasteiger partial charge in [-0.05, 0) is 31.0 Å². The van der Waals surface area contributed by atoms with Crippen LogP contribution in [0.1, 0.15) is 31.5 Å². The Morgan fingerprint density at radius 3 is 3.00 bits per heavy atom. The predicted molar refractivity (Wildman–Crippen MR) is 67.0 cm³/mol. The van der Waals surface area contributed by atoms with E-state index in [0.29, 0.717) is 0 Å². The zero-order chi connectivity index (χ0) is 12.7. The number of nitrogens with zero attached hydrogens (tertiary/aromatic N) is 1. The van der Waals surface area contributed by atoms with Crippen LogP contribution in [0, 0.1) is 0 Å². The van der Waals surface area contributed by atoms with E-state index in [1.807, 2.05) is 19.2 Å². The van der Waals surface area contributed by atoms with Crippen LogP contribution in [0.3, 0.4) is 0 Å². The first kappa shape index (κ1) is 13.6. The molecular formula is C13H20N2O2. The standard InChI is InChI=1S/C13H20N2O2/c1-3-4-11-5-6-14-12(8-11)7-10(2)15-9-13(16)17/h5-6,8,10,15H,3-4,7,9H2,1-2H3,(H,16,17). The molecule has 4 heteroatoms. The van der Waals surface area contributed by atoms with Gasteiger partial charge >= 0.3 is 5.97 Å². The fourth-order valence-corrected chi connectivity index (χ4v) is 1.73. The van der Waals surface area contributed by atoms with Crippen molar-refractivity contribution in [3.8, 4) is 0 Å². The normalized spacial score (nSPS) is 12.4. The van der Waals surface area contributed by atoms with Crippen LogP contribution >= 0.6 is 0 Å². The van der Waals surface area contributed by atoms with Crippen molar-refractivity contribution in [2.45, 2.75) is 39.2 Å². The summed E-state index contributed by atoms with van der Waals surface area (Å²) in [6.45, 7) is 4.12. The zero-order valence-corrected chi connectivity index (χ0v) is 10.4. The van der Waals surface area contributed by atoms with E-state index in [0.717, 1.165) is 25.0 Å². The minimum Gasteiger partial charge on any atom is -0.480 e. The van der Waals surface area contributed by atoms with Crippen molar-refractivity contribution in [1.29, 1.82) is 0 Å². The third-order valence-corrected chi connectivity index (χ3v) is 2.54. The first-order valence-electron chi connectivity index (χ1n) is 6.00. The summed E-state index contributed by atoms with van der Waals surface area (Å²) in [7, 11) is 0. The van der Waals surface area contributed by atoms with Crippen molar-refractivity contribution in [2.75, 3.05) is 6.54 Å². The Labute approximate surface area is 102 Å². The molecule has 1 aromatic heterocycles. The molecule has 1 heterocycles. The maximum atomic E-state index is 10.4. The number of hydrogen-bond donors (Lipinski definition) is 2. The minimum atomic E-state index is -0.829. The average molecular weight is 236 g/mol. The second-order valence-electron chi connectivity index (χ2n) is 4.29. The first-order valence-corrected chi connectivity index (χ1v) is 6.00. The van der Waals surface area contributed by atoms with E-state index in [-0.39, 0.29) is 12.6 Å². The number of hydrogen-bond acceptors (Lipinski definition) is 3. The highest BCUT2D eigenvalue weighted by Crippen LogP contribution is 2.06. The van der Waals surface area contributed by atoms with Crippen LogP contribution in [0.4, 0.5) is 0 Å². The Morgan fingerprint density at radius 1 is 1.59 bits per heavy atom. The zero-order valence-electron chi connectivity index (χ0n) is 10.4. The van der Waals surface area contributed by atoms with Gasteiger partial charge < -0.3 is 10.4 Å². The number of carboxylic acids is 1. The van der Waals surface area contributed by atoms with Crippen LogP contribution in [0.25, 0.3) is 0 Å². The number of aryl methyl sites for hydroxylation is 1. The maximum Gasteiger partial charge on any atom is 0.317 e. The average Bonchev–Trinajstić information content (AvgIpc) is 2.27. The molecule has 0 saturated carbocycles. The van der Waals surface area contributed by atoms with Crippen LogP contribution < -0.4 is 5.32 Å². The fraction of sp³-hybridized carbons (Fsp3) is 0.538. The molecule has 1 atom stereocenters. The van der Waals surface area contributed by atoms with E-state index in [1.165, 1.54) is 5.56 Å². The van der Waals surface area contributed by atoms with Gasteiger partial charge in [-0.1, -0.05) is 13.3 Å². The highest BCUT2D eigenvalue weighted by Gasteiger charge is 2.06. The molecule has 94 valence electrons. The summed E-state index contributed by atoms with van der Waals surface area (Å²) in [5.41, 5.74) is 2.31. The summed E-state index contributed by atoms with van der Waals surface area (Å²) >= 11 is 0. The summed E-state index contributed by atoms with van der Waals surface area (Å²) in [5.74, 6) is -0.829. The number of carbonyl (C=O) groups is 1. The smallest absolute Gasteiger partial charge is 0.317 e. The highest BCUT2D eigenvalue weighted by molar-refractivity contribution is 5.69.